The van der Waals surface area contributed by atoms with Crippen LogP contribution in [-0.2, 0) is 16.1 Å². The molecule has 0 bridgehead atoms. The molecule has 0 spiro atoms. The fourth-order valence-electron chi connectivity index (χ4n) is 2.55. The number of rotatable bonds is 9. The van der Waals surface area contributed by atoms with Crippen LogP contribution < -0.4 is 9.47 Å². The van der Waals surface area contributed by atoms with Gasteiger partial charge in [0.15, 0.2) is 0 Å². The van der Waals surface area contributed by atoms with E-state index in [0.717, 1.165) is 17.5 Å². The molecule has 0 aliphatic heterocycles. The van der Waals surface area contributed by atoms with Gasteiger partial charge in [0.1, 0.15) is 24.2 Å². The lowest BCUT2D eigenvalue weighted by Gasteiger charge is -2.19. The van der Waals surface area contributed by atoms with Crippen molar-refractivity contribution in [1.82, 2.24) is 0 Å². The Labute approximate surface area is 154 Å². The maximum absolute atomic E-state index is 12.1. The number of hydrogen-bond donors (Lipinski definition) is 0. The fourth-order valence-corrected chi connectivity index (χ4v) is 2.55. The molecule has 2 aromatic carbocycles. The van der Waals surface area contributed by atoms with Crippen molar-refractivity contribution in [2.24, 2.45) is 0 Å². The van der Waals surface area contributed by atoms with Crippen molar-refractivity contribution < 1.29 is 23.7 Å². The van der Waals surface area contributed by atoms with Gasteiger partial charge in [0.2, 0.25) is 0 Å². The highest BCUT2D eigenvalue weighted by molar-refractivity contribution is 5.92. The van der Waals surface area contributed by atoms with Gasteiger partial charge in [-0.15, -0.1) is 0 Å². The fraction of sp³-hybridized carbons (Fsp3) is 0.381. The van der Waals surface area contributed by atoms with Gasteiger partial charge in [-0.2, -0.15) is 0 Å². The minimum atomic E-state index is -0.419. The molecule has 0 heterocycles. The third-order valence-corrected chi connectivity index (χ3v) is 4.09. The molecule has 0 saturated carbocycles. The molecule has 0 N–H and O–H groups in total. The number of esters is 1. The molecule has 0 aromatic heterocycles. The highest BCUT2D eigenvalue weighted by atomic mass is 16.5. The maximum atomic E-state index is 12.1. The monoisotopic (exact) mass is 358 g/mol. The molecular formula is C21H26O5. The van der Waals surface area contributed by atoms with Crippen LogP contribution in [-0.4, -0.2) is 32.9 Å². The quantitative estimate of drug-likeness (QED) is 0.630. The van der Waals surface area contributed by atoms with E-state index >= 15 is 0 Å². The van der Waals surface area contributed by atoms with Gasteiger partial charge in [-0.05, 0) is 25.0 Å². The van der Waals surface area contributed by atoms with Gasteiger partial charge in [0.25, 0.3) is 0 Å². The molecule has 0 unspecified atom stereocenters. The van der Waals surface area contributed by atoms with E-state index in [9.17, 15) is 4.79 Å². The van der Waals surface area contributed by atoms with Gasteiger partial charge in [-0.1, -0.05) is 37.3 Å². The highest BCUT2D eigenvalue weighted by Gasteiger charge is 2.18. The normalized spacial score (nSPS) is 11.7. The Balaban J connectivity index is 2.29. The third-order valence-electron chi connectivity index (χ3n) is 4.09. The van der Waals surface area contributed by atoms with E-state index in [2.05, 4.69) is 0 Å². The second kappa shape index (κ2) is 9.82. The number of carbonyl (C=O) groups is 1. The van der Waals surface area contributed by atoms with Crippen molar-refractivity contribution in [2.45, 2.75) is 33.0 Å². The molecule has 0 aliphatic rings. The standard InChI is InChI=1S/C21H26O5/c1-5-17(14-23-3)26-18-11-19(21(22)24-4)15(2)20(12-18)25-13-16-9-7-6-8-10-16/h6-12,17H,5,13-14H2,1-4H3/t17-/m0/s1. The zero-order valence-electron chi connectivity index (χ0n) is 15.8. The summed E-state index contributed by atoms with van der Waals surface area (Å²) in [5, 5.41) is 0. The van der Waals surface area contributed by atoms with Crippen molar-refractivity contribution in [3.63, 3.8) is 0 Å². The lowest BCUT2D eigenvalue weighted by Crippen LogP contribution is -2.21. The molecule has 0 radical (unpaired) electrons. The van der Waals surface area contributed by atoms with Crippen LogP contribution in [0.1, 0.15) is 34.8 Å². The van der Waals surface area contributed by atoms with Crippen LogP contribution in [0, 0.1) is 6.92 Å². The maximum Gasteiger partial charge on any atom is 0.338 e. The summed E-state index contributed by atoms with van der Waals surface area (Å²) in [6.45, 7) is 4.73. The van der Waals surface area contributed by atoms with Crippen LogP contribution in [0.3, 0.4) is 0 Å². The zero-order chi connectivity index (χ0) is 18.9. The van der Waals surface area contributed by atoms with Gasteiger partial charge >= 0.3 is 5.97 Å². The third kappa shape index (κ3) is 5.23. The minimum absolute atomic E-state index is 0.102. The van der Waals surface area contributed by atoms with Crippen LogP contribution in [0.2, 0.25) is 0 Å². The van der Waals surface area contributed by atoms with E-state index in [1.807, 2.05) is 50.2 Å². The van der Waals surface area contributed by atoms with Crippen LogP contribution >= 0.6 is 0 Å². The Morgan fingerprint density at radius 1 is 1.12 bits per heavy atom. The van der Waals surface area contributed by atoms with Gasteiger partial charge in [-0.3, -0.25) is 0 Å². The predicted molar refractivity (Wildman–Crippen MR) is 99.9 cm³/mol. The second-order valence-electron chi connectivity index (χ2n) is 5.96. The zero-order valence-corrected chi connectivity index (χ0v) is 15.8. The van der Waals surface area contributed by atoms with Gasteiger partial charge in [0, 0.05) is 18.7 Å². The van der Waals surface area contributed by atoms with Crippen molar-refractivity contribution in [3.05, 3.63) is 59.2 Å². The summed E-state index contributed by atoms with van der Waals surface area (Å²) in [7, 11) is 3.00. The van der Waals surface area contributed by atoms with Crippen molar-refractivity contribution in [1.29, 1.82) is 0 Å². The molecule has 0 aliphatic carbocycles. The number of ether oxygens (including phenoxy) is 4. The van der Waals surface area contributed by atoms with Crippen molar-refractivity contribution in [3.8, 4) is 11.5 Å². The van der Waals surface area contributed by atoms with E-state index in [1.54, 1.807) is 13.2 Å². The molecule has 0 fully saturated rings. The summed E-state index contributed by atoms with van der Waals surface area (Å²) in [4.78, 5) is 12.1. The first-order chi connectivity index (χ1) is 12.6. The summed E-state index contributed by atoms with van der Waals surface area (Å²) in [5.41, 5.74) is 2.20. The van der Waals surface area contributed by atoms with Gasteiger partial charge < -0.3 is 18.9 Å². The first-order valence-electron chi connectivity index (χ1n) is 8.64. The molecule has 2 aromatic rings. The summed E-state index contributed by atoms with van der Waals surface area (Å²) in [6.07, 6.45) is 0.685. The summed E-state index contributed by atoms with van der Waals surface area (Å²) >= 11 is 0. The van der Waals surface area contributed by atoms with E-state index in [0.29, 0.717) is 30.3 Å². The Bertz CT molecular complexity index is 712. The minimum Gasteiger partial charge on any atom is -0.488 e. The van der Waals surface area contributed by atoms with Crippen LogP contribution in [0.4, 0.5) is 0 Å². The molecule has 1 atom stereocenters. The lowest BCUT2D eigenvalue weighted by atomic mass is 10.1. The molecular weight excluding hydrogens is 332 g/mol. The first kappa shape index (κ1) is 19.8. The highest BCUT2D eigenvalue weighted by Crippen LogP contribution is 2.30. The SMILES string of the molecule is CC[C@@H](COC)Oc1cc(OCc2ccccc2)c(C)c(C(=O)OC)c1. The molecule has 26 heavy (non-hydrogen) atoms. The predicted octanol–water partition coefficient (Wildman–Crippen LogP) is 4.16. The molecule has 0 saturated heterocycles. The van der Waals surface area contributed by atoms with E-state index in [4.69, 9.17) is 18.9 Å². The Morgan fingerprint density at radius 3 is 2.46 bits per heavy atom. The van der Waals surface area contributed by atoms with Crippen LogP contribution in [0.15, 0.2) is 42.5 Å². The van der Waals surface area contributed by atoms with Gasteiger partial charge in [0.05, 0.1) is 19.3 Å². The van der Waals surface area contributed by atoms with Crippen LogP contribution in [0.5, 0.6) is 11.5 Å². The van der Waals surface area contributed by atoms with E-state index < -0.39 is 5.97 Å². The Kier molecular flexibility index (Phi) is 7.48. The average molecular weight is 358 g/mol. The molecule has 5 heteroatoms. The van der Waals surface area contributed by atoms with E-state index in [1.165, 1.54) is 7.11 Å². The van der Waals surface area contributed by atoms with Crippen molar-refractivity contribution >= 4 is 5.97 Å². The number of hydrogen-bond acceptors (Lipinski definition) is 5. The lowest BCUT2D eigenvalue weighted by molar-refractivity contribution is 0.0595. The number of carbonyl (C=O) groups excluding carboxylic acids is 1. The second-order valence-corrected chi connectivity index (χ2v) is 5.96. The smallest absolute Gasteiger partial charge is 0.338 e. The summed E-state index contributed by atoms with van der Waals surface area (Å²) in [5.74, 6) is 0.735. The molecule has 5 nitrogen and oxygen atoms in total. The first-order valence-corrected chi connectivity index (χ1v) is 8.64. The van der Waals surface area contributed by atoms with Gasteiger partial charge in [-0.25, -0.2) is 4.79 Å². The molecule has 0 amide bonds. The van der Waals surface area contributed by atoms with Crippen molar-refractivity contribution in [2.75, 3.05) is 20.8 Å². The average Bonchev–Trinajstić information content (AvgIpc) is 2.67. The molecule has 140 valence electrons. The van der Waals surface area contributed by atoms with E-state index in [-0.39, 0.29) is 6.10 Å². The Morgan fingerprint density at radius 2 is 1.85 bits per heavy atom. The topological polar surface area (TPSA) is 54.0 Å². The molecule has 2 rings (SSSR count). The summed E-state index contributed by atoms with van der Waals surface area (Å²) in [6, 6.07) is 13.4. The van der Waals surface area contributed by atoms with Crippen LogP contribution in [0.25, 0.3) is 0 Å². The Hall–Kier alpha value is -2.53. The summed E-state index contributed by atoms with van der Waals surface area (Å²) < 4.78 is 22.0. The largest absolute Gasteiger partial charge is 0.488 e. The number of methoxy groups -OCH3 is 2. The number of benzene rings is 2.